The minimum absolute atomic E-state index is 0.388. The van der Waals surface area contributed by atoms with E-state index in [0.29, 0.717) is 24.4 Å². The topological polar surface area (TPSA) is 85.0 Å². The van der Waals surface area contributed by atoms with Gasteiger partial charge in [-0.05, 0) is 59.6 Å². The number of ether oxygens (including phenoxy) is 2. The van der Waals surface area contributed by atoms with Crippen LogP contribution in [0.25, 0.3) is 0 Å². The van der Waals surface area contributed by atoms with Crippen LogP contribution in [0, 0.1) is 6.92 Å². The molecular formula is C25H34N2O4. The molecule has 1 aliphatic heterocycles. The third kappa shape index (κ3) is 4.96. The highest BCUT2D eigenvalue weighted by atomic mass is 16.6. The highest BCUT2D eigenvalue weighted by molar-refractivity contribution is 5.70. The number of nitrogen functional groups attached to an aromatic ring is 1. The van der Waals surface area contributed by atoms with E-state index in [0.717, 1.165) is 16.7 Å². The fraction of sp³-hybridized carbons (Fsp3) is 0.480. The van der Waals surface area contributed by atoms with Crippen LogP contribution >= 0.6 is 0 Å². The molecule has 0 saturated heterocycles. The number of hydrogen-bond donors (Lipinski definition) is 2. The molecule has 6 heteroatoms. The first-order valence-corrected chi connectivity index (χ1v) is 10.7. The van der Waals surface area contributed by atoms with Crippen LogP contribution in [0.4, 0.5) is 10.5 Å². The zero-order chi connectivity index (χ0) is 23.0. The average Bonchev–Trinajstić information content (AvgIpc) is 2.67. The summed E-state index contributed by atoms with van der Waals surface area (Å²) in [5, 5.41) is 11.3. The van der Waals surface area contributed by atoms with Gasteiger partial charge in [-0.3, -0.25) is 4.90 Å². The summed E-state index contributed by atoms with van der Waals surface area (Å²) in [4.78, 5) is 15.0. The normalized spacial score (nSPS) is 19.8. The predicted molar refractivity (Wildman–Crippen MR) is 122 cm³/mol. The molecule has 3 N–H and O–H groups in total. The molecule has 2 atom stereocenters. The van der Waals surface area contributed by atoms with E-state index in [4.69, 9.17) is 15.2 Å². The van der Waals surface area contributed by atoms with Gasteiger partial charge in [0.25, 0.3) is 0 Å². The molecule has 0 bridgehead atoms. The van der Waals surface area contributed by atoms with Crippen molar-refractivity contribution in [3.05, 3.63) is 59.2 Å². The molecule has 1 aliphatic rings. The lowest BCUT2D eigenvalue weighted by atomic mass is 9.84. The zero-order valence-electron chi connectivity index (χ0n) is 19.3. The van der Waals surface area contributed by atoms with E-state index in [1.165, 1.54) is 0 Å². The van der Waals surface area contributed by atoms with Crippen molar-refractivity contribution in [2.45, 2.75) is 71.3 Å². The summed E-state index contributed by atoms with van der Waals surface area (Å²) in [5.41, 5.74) is 7.79. The van der Waals surface area contributed by atoms with Gasteiger partial charge in [0.05, 0.1) is 6.04 Å². The van der Waals surface area contributed by atoms with E-state index in [2.05, 4.69) is 0 Å². The minimum atomic E-state index is -0.952. The molecule has 0 fully saturated rings. The highest BCUT2D eigenvalue weighted by Crippen LogP contribution is 2.46. The molecule has 1 amide bonds. The van der Waals surface area contributed by atoms with Crippen LogP contribution in [0.2, 0.25) is 0 Å². The summed E-state index contributed by atoms with van der Waals surface area (Å²) in [6.45, 7) is 11.4. The standard InChI is InChI=1S/C25H34N2O4/c1-16-19(26)13-12-18-20(22(28)25(5,6)30-21(16)18)27(23(29)31-24(2,3)4)15-14-17-10-8-7-9-11-17/h7-13,20,22,28H,14-15,26H2,1-6H3/t20-,22+/m0/s1. The van der Waals surface area contributed by atoms with Crippen molar-refractivity contribution in [1.29, 1.82) is 0 Å². The third-order valence-electron chi connectivity index (χ3n) is 5.62. The van der Waals surface area contributed by atoms with Gasteiger partial charge in [-0.15, -0.1) is 0 Å². The van der Waals surface area contributed by atoms with Crippen molar-refractivity contribution in [2.24, 2.45) is 0 Å². The Labute approximate surface area is 185 Å². The number of carbonyl (C=O) groups excluding carboxylic acids is 1. The number of nitrogens with zero attached hydrogens (tertiary/aromatic N) is 1. The molecule has 0 unspecified atom stereocenters. The van der Waals surface area contributed by atoms with Gasteiger partial charge in [0.15, 0.2) is 0 Å². The first kappa shape index (κ1) is 22.9. The second kappa shape index (κ2) is 8.42. The first-order valence-electron chi connectivity index (χ1n) is 10.7. The molecule has 0 saturated carbocycles. The lowest BCUT2D eigenvalue weighted by Gasteiger charge is -2.46. The molecule has 6 nitrogen and oxygen atoms in total. The fourth-order valence-electron chi connectivity index (χ4n) is 3.87. The van der Waals surface area contributed by atoms with E-state index in [9.17, 15) is 9.90 Å². The number of aliphatic hydroxyl groups is 1. The highest BCUT2D eigenvalue weighted by Gasteiger charge is 2.48. The molecule has 0 radical (unpaired) electrons. The number of benzene rings is 2. The van der Waals surface area contributed by atoms with Crippen LogP contribution in [0.1, 0.15) is 57.4 Å². The fourth-order valence-corrected chi connectivity index (χ4v) is 3.87. The molecule has 1 heterocycles. The number of carbonyl (C=O) groups is 1. The maximum absolute atomic E-state index is 13.3. The molecule has 31 heavy (non-hydrogen) atoms. The molecule has 168 valence electrons. The lowest BCUT2D eigenvalue weighted by Crippen LogP contribution is -2.55. The molecule has 0 aliphatic carbocycles. The van der Waals surface area contributed by atoms with Crippen LogP contribution in [-0.4, -0.2) is 40.0 Å². The molecular weight excluding hydrogens is 392 g/mol. The van der Waals surface area contributed by atoms with Crippen LogP contribution < -0.4 is 10.5 Å². The van der Waals surface area contributed by atoms with Gasteiger partial charge in [-0.1, -0.05) is 36.4 Å². The lowest BCUT2D eigenvalue weighted by molar-refractivity contribution is -0.0940. The van der Waals surface area contributed by atoms with E-state index in [-0.39, 0.29) is 0 Å². The van der Waals surface area contributed by atoms with E-state index in [1.807, 2.05) is 77.9 Å². The van der Waals surface area contributed by atoms with Crippen molar-refractivity contribution in [3.8, 4) is 5.75 Å². The largest absolute Gasteiger partial charge is 0.484 e. The van der Waals surface area contributed by atoms with Crippen molar-refractivity contribution in [1.82, 2.24) is 4.90 Å². The monoisotopic (exact) mass is 426 g/mol. The average molecular weight is 427 g/mol. The number of fused-ring (bicyclic) bond motifs is 1. The second-order valence-corrected chi connectivity index (χ2v) is 9.70. The molecule has 3 rings (SSSR count). The van der Waals surface area contributed by atoms with Crippen molar-refractivity contribution < 1.29 is 19.4 Å². The quantitative estimate of drug-likeness (QED) is 0.696. The number of anilines is 1. The van der Waals surface area contributed by atoms with Crippen molar-refractivity contribution in [3.63, 3.8) is 0 Å². The maximum atomic E-state index is 13.3. The predicted octanol–water partition coefficient (Wildman–Crippen LogP) is 4.63. The Morgan fingerprint density at radius 3 is 2.45 bits per heavy atom. The Hall–Kier alpha value is -2.73. The smallest absolute Gasteiger partial charge is 0.410 e. The van der Waals surface area contributed by atoms with E-state index < -0.39 is 29.4 Å². The van der Waals surface area contributed by atoms with E-state index >= 15 is 0 Å². The third-order valence-corrected chi connectivity index (χ3v) is 5.62. The summed E-state index contributed by atoms with van der Waals surface area (Å²) in [6, 6.07) is 13.0. The SMILES string of the molecule is Cc1c(N)ccc2c1OC(C)(C)[C@H](O)[C@H]2N(CCc1ccccc1)C(=O)OC(C)(C)C. The Morgan fingerprint density at radius 1 is 1.19 bits per heavy atom. The Bertz CT molecular complexity index is 935. The molecule has 2 aromatic rings. The van der Waals surface area contributed by atoms with Crippen molar-refractivity contribution in [2.75, 3.05) is 12.3 Å². The number of rotatable bonds is 4. The number of aliphatic hydroxyl groups excluding tert-OH is 1. The Morgan fingerprint density at radius 2 is 1.84 bits per heavy atom. The first-order chi connectivity index (χ1) is 14.4. The van der Waals surface area contributed by atoms with Gasteiger partial charge in [0.2, 0.25) is 0 Å². The van der Waals surface area contributed by atoms with Gasteiger partial charge in [0.1, 0.15) is 23.1 Å². The van der Waals surface area contributed by atoms with Gasteiger partial charge >= 0.3 is 6.09 Å². The number of nitrogens with two attached hydrogens (primary N) is 1. The zero-order valence-corrected chi connectivity index (χ0v) is 19.3. The van der Waals surface area contributed by atoms with Gasteiger partial charge in [-0.25, -0.2) is 4.79 Å². The van der Waals surface area contributed by atoms with Gasteiger partial charge < -0.3 is 20.3 Å². The minimum Gasteiger partial charge on any atom is -0.484 e. The maximum Gasteiger partial charge on any atom is 0.410 e. The summed E-state index contributed by atoms with van der Waals surface area (Å²) in [7, 11) is 0. The summed E-state index contributed by atoms with van der Waals surface area (Å²) in [5.74, 6) is 0.619. The van der Waals surface area contributed by atoms with E-state index in [1.54, 1.807) is 11.0 Å². The Balaban J connectivity index is 2.05. The summed E-state index contributed by atoms with van der Waals surface area (Å²) < 4.78 is 11.9. The Kier molecular flexibility index (Phi) is 6.23. The number of amides is 1. The van der Waals surface area contributed by atoms with Crippen LogP contribution in [0.15, 0.2) is 42.5 Å². The molecule has 0 spiro atoms. The summed E-state index contributed by atoms with van der Waals surface area (Å²) >= 11 is 0. The summed E-state index contributed by atoms with van der Waals surface area (Å²) in [6.07, 6.45) is -0.787. The van der Waals surface area contributed by atoms with Gasteiger partial charge in [0, 0.05) is 23.4 Å². The van der Waals surface area contributed by atoms with Gasteiger partial charge in [-0.2, -0.15) is 0 Å². The van der Waals surface area contributed by atoms with Crippen LogP contribution in [-0.2, 0) is 11.2 Å². The number of hydrogen-bond acceptors (Lipinski definition) is 5. The molecule has 0 aromatic heterocycles. The van der Waals surface area contributed by atoms with Crippen LogP contribution in [0.3, 0.4) is 0 Å². The second-order valence-electron chi connectivity index (χ2n) is 9.70. The van der Waals surface area contributed by atoms with Crippen molar-refractivity contribution >= 4 is 11.8 Å². The molecule has 2 aromatic carbocycles. The van der Waals surface area contributed by atoms with Crippen LogP contribution in [0.5, 0.6) is 5.75 Å².